The van der Waals surface area contributed by atoms with Crippen LogP contribution in [0.1, 0.15) is 61.2 Å². The molecule has 154 valence electrons. The zero-order valence-corrected chi connectivity index (χ0v) is 16.3. The molecule has 1 unspecified atom stereocenters. The number of hydrogen-bond donors (Lipinski definition) is 2. The Bertz CT molecular complexity index is 972. The number of hydrogen-bond acceptors (Lipinski definition) is 4. The Kier molecular flexibility index (Phi) is 5.06. The highest BCUT2D eigenvalue weighted by Gasteiger charge is 2.31. The summed E-state index contributed by atoms with van der Waals surface area (Å²) in [5.74, 6) is -1.46. The molecule has 2 atom stereocenters. The number of carbonyl (C=O) groups is 2. The van der Waals surface area contributed by atoms with Gasteiger partial charge in [0, 0.05) is 12.5 Å². The Morgan fingerprint density at radius 1 is 1.28 bits per heavy atom. The van der Waals surface area contributed by atoms with Crippen LogP contribution in [0.15, 0.2) is 12.1 Å². The summed E-state index contributed by atoms with van der Waals surface area (Å²) in [5.41, 5.74) is 0.325. The maximum Gasteiger partial charge on any atom is 0.291 e. The highest BCUT2D eigenvalue weighted by atomic mass is 19.1. The van der Waals surface area contributed by atoms with Gasteiger partial charge in [0.15, 0.2) is 0 Å². The van der Waals surface area contributed by atoms with E-state index in [-0.39, 0.29) is 30.4 Å². The van der Waals surface area contributed by atoms with Crippen molar-refractivity contribution in [1.29, 1.82) is 0 Å². The van der Waals surface area contributed by atoms with E-state index in [1.165, 1.54) is 6.07 Å². The zero-order valence-electron chi connectivity index (χ0n) is 16.3. The molecule has 0 saturated heterocycles. The number of rotatable bonds is 3. The summed E-state index contributed by atoms with van der Waals surface area (Å²) >= 11 is 0. The molecule has 1 aromatic carbocycles. The second-order valence-electron chi connectivity index (χ2n) is 7.98. The fraction of sp³-hybridized carbons (Fsp3) is 0.500. The van der Waals surface area contributed by atoms with E-state index in [1.807, 2.05) is 4.68 Å². The second kappa shape index (κ2) is 7.53. The molecule has 2 amide bonds. The number of halogens is 2. The molecule has 0 radical (unpaired) electrons. The molecule has 0 fully saturated rings. The number of nitrogens with zero attached hydrogens (tertiary/aromatic N) is 3. The minimum absolute atomic E-state index is 0.0272. The summed E-state index contributed by atoms with van der Waals surface area (Å²) in [5, 5.41) is 9.48. The van der Waals surface area contributed by atoms with Gasteiger partial charge in [0.25, 0.3) is 5.91 Å². The maximum atomic E-state index is 14.0. The second-order valence-corrected chi connectivity index (χ2v) is 7.98. The van der Waals surface area contributed by atoms with E-state index < -0.39 is 29.5 Å². The van der Waals surface area contributed by atoms with Crippen LogP contribution in [0.2, 0.25) is 0 Å². The van der Waals surface area contributed by atoms with Crippen molar-refractivity contribution in [2.24, 2.45) is 5.92 Å². The lowest BCUT2D eigenvalue weighted by atomic mass is 9.95. The number of benzene rings is 1. The van der Waals surface area contributed by atoms with Crippen LogP contribution >= 0.6 is 0 Å². The lowest BCUT2D eigenvalue weighted by Crippen LogP contribution is -2.43. The summed E-state index contributed by atoms with van der Waals surface area (Å²) < 4.78 is 29.3. The van der Waals surface area contributed by atoms with Crippen LogP contribution in [0.4, 0.5) is 14.5 Å². The monoisotopic (exact) mass is 403 g/mol. The fourth-order valence-corrected chi connectivity index (χ4v) is 4.06. The van der Waals surface area contributed by atoms with E-state index in [1.54, 1.807) is 0 Å². The topological polar surface area (TPSA) is 88.9 Å². The van der Waals surface area contributed by atoms with Crippen molar-refractivity contribution in [2.75, 3.05) is 5.32 Å². The normalized spacial score (nSPS) is 21.2. The zero-order chi connectivity index (χ0) is 20.7. The van der Waals surface area contributed by atoms with Gasteiger partial charge in [-0.05, 0) is 43.2 Å². The van der Waals surface area contributed by atoms with E-state index in [2.05, 4.69) is 34.6 Å². The van der Waals surface area contributed by atoms with Crippen LogP contribution in [0.5, 0.6) is 0 Å². The largest absolute Gasteiger partial charge is 0.337 e. The molecule has 2 aromatic rings. The van der Waals surface area contributed by atoms with Crippen LogP contribution in [0, 0.1) is 17.6 Å². The number of aromatic nitrogens is 3. The first-order valence-electron chi connectivity index (χ1n) is 9.88. The van der Waals surface area contributed by atoms with Gasteiger partial charge in [-0.3, -0.25) is 9.59 Å². The van der Waals surface area contributed by atoms with Crippen LogP contribution < -0.4 is 10.6 Å². The summed E-state index contributed by atoms with van der Waals surface area (Å²) in [6, 6.07) is 1.22. The van der Waals surface area contributed by atoms with E-state index in [4.69, 9.17) is 0 Å². The van der Waals surface area contributed by atoms with Crippen LogP contribution in [0.3, 0.4) is 0 Å². The molecule has 1 aromatic heterocycles. The molecule has 2 aliphatic heterocycles. The summed E-state index contributed by atoms with van der Waals surface area (Å²) in [4.78, 5) is 29.5. The average Bonchev–Trinajstić information content (AvgIpc) is 3.04. The Balaban J connectivity index is 1.51. The van der Waals surface area contributed by atoms with Crippen LogP contribution in [-0.4, -0.2) is 32.6 Å². The molecule has 29 heavy (non-hydrogen) atoms. The first-order valence-corrected chi connectivity index (χ1v) is 9.88. The van der Waals surface area contributed by atoms with Gasteiger partial charge in [-0.15, -0.1) is 5.10 Å². The van der Waals surface area contributed by atoms with E-state index in [9.17, 15) is 18.4 Å². The highest BCUT2D eigenvalue weighted by molar-refractivity contribution is 6.00. The summed E-state index contributed by atoms with van der Waals surface area (Å²) in [6.45, 7) is 4.22. The number of carbonyl (C=O) groups excluding carboxylic acids is 2. The van der Waals surface area contributed by atoms with Crippen molar-refractivity contribution in [3.05, 3.63) is 41.0 Å². The fourth-order valence-electron chi connectivity index (χ4n) is 4.06. The average molecular weight is 403 g/mol. The lowest BCUT2D eigenvalue weighted by molar-refractivity contribution is -0.118. The Morgan fingerprint density at radius 3 is 2.83 bits per heavy atom. The van der Waals surface area contributed by atoms with Gasteiger partial charge >= 0.3 is 0 Å². The maximum absolute atomic E-state index is 14.0. The van der Waals surface area contributed by atoms with Gasteiger partial charge in [-0.2, -0.15) is 0 Å². The summed E-state index contributed by atoms with van der Waals surface area (Å²) in [7, 11) is 0. The van der Waals surface area contributed by atoms with Crippen LogP contribution in [0.25, 0.3) is 0 Å². The minimum Gasteiger partial charge on any atom is -0.337 e. The third-order valence-corrected chi connectivity index (χ3v) is 5.60. The van der Waals surface area contributed by atoms with Crippen molar-refractivity contribution in [3.63, 3.8) is 0 Å². The van der Waals surface area contributed by atoms with E-state index in [0.29, 0.717) is 11.5 Å². The summed E-state index contributed by atoms with van der Waals surface area (Å²) in [6.07, 6.45) is 3.20. The first-order chi connectivity index (χ1) is 13.8. The highest BCUT2D eigenvalue weighted by Crippen LogP contribution is 2.29. The standard InChI is InChI=1S/C20H23F2N5O2/c1-10(2)15-4-3-5-16-24-18(26-27(15)16)20(29)23-14-7-6-11-8-12(21)9-13(22)17(11)25-19(14)28/h8-10,14-15H,3-7H2,1-2H3,(H,23,29)(H,25,28)/t14-,15?/m0/s1. The molecule has 0 spiro atoms. The Labute approximate surface area is 166 Å². The van der Waals surface area contributed by atoms with Gasteiger partial charge in [0.2, 0.25) is 11.7 Å². The van der Waals surface area contributed by atoms with E-state index >= 15 is 0 Å². The van der Waals surface area contributed by atoms with Crippen molar-refractivity contribution in [2.45, 2.75) is 58.0 Å². The number of amides is 2. The van der Waals surface area contributed by atoms with Gasteiger partial charge in [-0.1, -0.05) is 13.8 Å². The molecule has 7 nitrogen and oxygen atoms in total. The molecule has 9 heteroatoms. The lowest BCUT2D eigenvalue weighted by Gasteiger charge is -2.26. The van der Waals surface area contributed by atoms with E-state index in [0.717, 1.165) is 31.2 Å². The van der Waals surface area contributed by atoms with Crippen molar-refractivity contribution < 1.29 is 18.4 Å². The number of fused-ring (bicyclic) bond motifs is 2. The predicted octanol–water partition coefficient (Wildman–Crippen LogP) is 2.77. The number of nitrogens with one attached hydrogen (secondary N) is 2. The molecular weight excluding hydrogens is 380 g/mol. The Hall–Kier alpha value is -2.84. The molecule has 0 saturated carbocycles. The van der Waals surface area contributed by atoms with Crippen molar-refractivity contribution >= 4 is 17.5 Å². The molecule has 3 heterocycles. The predicted molar refractivity (Wildman–Crippen MR) is 101 cm³/mol. The third kappa shape index (κ3) is 3.73. The van der Waals surface area contributed by atoms with Gasteiger partial charge < -0.3 is 10.6 Å². The molecular formula is C20H23F2N5O2. The number of anilines is 1. The smallest absolute Gasteiger partial charge is 0.291 e. The van der Waals surface area contributed by atoms with Crippen LogP contribution in [-0.2, 0) is 17.6 Å². The number of aryl methyl sites for hydroxylation is 2. The van der Waals surface area contributed by atoms with Gasteiger partial charge in [0.1, 0.15) is 23.5 Å². The molecule has 4 rings (SSSR count). The quantitative estimate of drug-likeness (QED) is 0.825. The molecule has 0 aliphatic carbocycles. The third-order valence-electron chi connectivity index (χ3n) is 5.60. The Morgan fingerprint density at radius 2 is 2.07 bits per heavy atom. The van der Waals surface area contributed by atoms with Crippen molar-refractivity contribution in [1.82, 2.24) is 20.1 Å². The minimum atomic E-state index is -0.890. The van der Waals surface area contributed by atoms with Gasteiger partial charge in [0.05, 0.1) is 11.7 Å². The SMILES string of the molecule is CC(C)C1CCCc2nc(C(=O)N[C@H]3CCc4cc(F)cc(F)c4NC3=O)nn21. The van der Waals surface area contributed by atoms with Gasteiger partial charge in [-0.25, -0.2) is 18.4 Å². The van der Waals surface area contributed by atoms with Crippen molar-refractivity contribution in [3.8, 4) is 0 Å². The first kappa shape index (κ1) is 19.5. The molecule has 0 bridgehead atoms. The molecule has 2 N–H and O–H groups in total. The molecule has 2 aliphatic rings.